The second kappa shape index (κ2) is 12.8. The molecule has 1 aliphatic rings. The van der Waals surface area contributed by atoms with Crippen LogP contribution in [0.25, 0.3) is 0 Å². The van der Waals surface area contributed by atoms with Crippen LogP contribution in [0.4, 0.5) is 26.3 Å². The van der Waals surface area contributed by atoms with Gasteiger partial charge in [-0.1, -0.05) is 13.8 Å². The largest absolute Gasteiger partial charge is 0.490 e. The first-order valence-corrected chi connectivity index (χ1v) is 9.94. The standard InChI is InChI=1S/C15H28N4.2C2HF3O2/c1-11(2)8-19-7-6-13-14(9-18(5)12(3)4)16-17-15(13)10-19;2*3-2(4,5)1(6)7/h11-12H,6-10H2,1-5H3,(H,16,17);2*(H,6,7). The molecule has 0 atom stereocenters. The van der Waals surface area contributed by atoms with Crippen molar-refractivity contribution in [3.8, 4) is 0 Å². The minimum absolute atomic E-state index is 0.563. The maximum atomic E-state index is 10.6. The van der Waals surface area contributed by atoms with Gasteiger partial charge in [-0.3, -0.25) is 14.9 Å². The SMILES string of the molecule is CC(C)CN1CCc2c(CN(C)C(C)C)n[nH]c2C1.O=C(O)C(F)(F)F.O=C(O)C(F)(F)F. The average Bonchev–Trinajstić information content (AvgIpc) is 3.02. The molecule has 0 saturated heterocycles. The Morgan fingerprint density at radius 3 is 1.88 bits per heavy atom. The van der Waals surface area contributed by atoms with Gasteiger partial charge in [-0.05, 0) is 33.2 Å². The number of alkyl halides is 6. The second-order valence-electron chi connectivity index (χ2n) is 8.12. The van der Waals surface area contributed by atoms with E-state index in [1.165, 1.54) is 30.0 Å². The molecule has 0 saturated carbocycles. The van der Waals surface area contributed by atoms with Crippen LogP contribution in [0.5, 0.6) is 0 Å². The number of rotatable bonds is 5. The van der Waals surface area contributed by atoms with E-state index in [-0.39, 0.29) is 0 Å². The predicted molar refractivity (Wildman–Crippen MR) is 106 cm³/mol. The number of aromatic amines is 1. The Hall–Kier alpha value is -2.35. The maximum absolute atomic E-state index is 10.6. The summed E-state index contributed by atoms with van der Waals surface area (Å²) in [5, 5.41) is 22.0. The molecule has 33 heavy (non-hydrogen) atoms. The molecule has 1 aromatic rings. The topological polar surface area (TPSA) is 110 Å². The van der Waals surface area contributed by atoms with Crippen LogP contribution >= 0.6 is 0 Å². The molecular formula is C19H30F6N4O4. The minimum Gasteiger partial charge on any atom is -0.475 e. The Morgan fingerprint density at radius 2 is 1.52 bits per heavy atom. The highest BCUT2D eigenvalue weighted by Gasteiger charge is 2.38. The minimum atomic E-state index is -5.08. The first kappa shape index (κ1) is 30.6. The summed E-state index contributed by atoms with van der Waals surface area (Å²) in [6.45, 7) is 13.4. The molecule has 0 aromatic carbocycles. The van der Waals surface area contributed by atoms with Gasteiger partial charge in [0.25, 0.3) is 0 Å². The quantitative estimate of drug-likeness (QED) is 0.540. The van der Waals surface area contributed by atoms with Gasteiger partial charge in [-0.15, -0.1) is 0 Å². The first-order valence-electron chi connectivity index (χ1n) is 9.94. The van der Waals surface area contributed by atoms with Gasteiger partial charge in [0.2, 0.25) is 0 Å². The van der Waals surface area contributed by atoms with E-state index in [9.17, 15) is 26.3 Å². The van der Waals surface area contributed by atoms with Gasteiger partial charge in [0, 0.05) is 37.8 Å². The van der Waals surface area contributed by atoms with Gasteiger partial charge in [0.05, 0.1) is 11.4 Å². The zero-order chi connectivity index (χ0) is 26.1. The van der Waals surface area contributed by atoms with Crippen LogP contribution in [0.1, 0.15) is 44.6 Å². The fraction of sp³-hybridized carbons (Fsp3) is 0.737. The first-order chi connectivity index (χ1) is 14.9. The van der Waals surface area contributed by atoms with E-state index in [1.807, 2.05) is 0 Å². The Bertz CT molecular complexity index is 738. The van der Waals surface area contributed by atoms with Crippen molar-refractivity contribution in [3.63, 3.8) is 0 Å². The highest BCUT2D eigenvalue weighted by atomic mass is 19.4. The number of halogens is 6. The van der Waals surface area contributed by atoms with E-state index in [0.717, 1.165) is 25.4 Å². The van der Waals surface area contributed by atoms with E-state index in [4.69, 9.17) is 19.8 Å². The van der Waals surface area contributed by atoms with E-state index in [0.29, 0.717) is 6.04 Å². The number of H-pyrrole nitrogens is 1. The van der Waals surface area contributed by atoms with Crippen LogP contribution < -0.4 is 0 Å². The van der Waals surface area contributed by atoms with E-state index < -0.39 is 24.3 Å². The van der Waals surface area contributed by atoms with E-state index >= 15 is 0 Å². The molecule has 8 nitrogen and oxygen atoms in total. The Kier molecular flexibility index (Phi) is 11.9. The molecule has 3 N–H and O–H groups in total. The van der Waals surface area contributed by atoms with Crippen molar-refractivity contribution in [1.82, 2.24) is 20.0 Å². The summed E-state index contributed by atoms with van der Waals surface area (Å²) >= 11 is 0. The number of aromatic nitrogens is 2. The third kappa shape index (κ3) is 11.9. The third-order valence-corrected chi connectivity index (χ3v) is 4.49. The van der Waals surface area contributed by atoms with Crippen molar-refractivity contribution in [2.24, 2.45) is 5.92 Å². The number of carboxylic acid groups (broad SMARTS) is 2. The number of carbonyl (C=O) groups is 2. The summed E-state index contributed by atoms with van der Waals surface area (Å²) in [5.74, 6) is -4.78. The van der Waals surface area contributed by atoms with Crippen molar-refractivity contribution in [1.29, 1.82) is 0 Å². The van der Waals surface area contributed by atoms with Crippen LogP contribution in [0.3, 0.4) is 0 Å². The Balaban J connectivity index is 0.000000605. The fourth-order valence-corrected chi connectivity index (χ4v) is 2.66. The summed E-state index contributed by atoms with van der Waals surface area (Å²) in [7, 11) is 2.17. The highest BCUT2D eigenvalue weighted by molar-refractivity contribution is 5.73. The number of fused-ring (bicyclic) bond motifs is 1. The summed E-state index contributed by atoms with van der Waals surface area (Å²) < 4.78 is 63.5. The molecule has 0 amide bonds. The van der Waals surface area contributed by atoms with Crippen LogP contribution in [0.15, 0.2) is 0 Å². The smallest absolute Gasteiger partial charge is 0.475 e. The van der Waals surface area contributed by atoms with Crippen molar-refractivity contribution in [2.45, 2.75) is 65.6 Å². The van der Waals surface area contributed by atoms with E-state index in [1.54, 1.807) is 0 Å². The fourth-order valence-electron chi connectivity index (χ4n) is 2.66. The molecule has 2 rings (SSSR count). The summed E-state index contributed by atoms with van der Waals surface area (Å²) in [5.41, 5.74) is 4.04. The van der Waals surface area contributed by atoms with E-state index in [2.05, 4.69) is 54.7 Å². The predicted octanol–water partition coefficient (Wildman–Crippen LogP) is 3.53. The van der Waals surface area contributed by atoms with Gasteiger partial charge >= 0.3 is 24.3 Å². The molecule has 192 valence electrons. The number of aliphatic carboxylic acids is 2. The number of hydrogen-bond donors (Lipinski definition) is 3. The van der Waals surface area contributed by atoms with Crippen LogP contribution in [-0.2, 0) is 29.1 Å². The zero-order valence-corrected chi connectivity index (χ0v) is 19.0. The van der Waals surface area contributed by atoms with Gasteiger partial charge < -0.3 is 10.2 Å². The molecule has 0 unspecified atom stereocenters. The molecule has 1 aliphatic heterocycles. The molecule has 0 radical (unpaired) electrons. The molecule has 0 bridgehead atoms. The van der Waals surface area contributed by atoms with Crippen molar-refractivity contribution in [2.75, 3.05) is 20.1 Å². The monoisotopic (exact) mass is 492 g/mol. The Morgan fingerprint density at radius 1 is 1.06 bits per heavy atom. The van der Waals surface area contributed by atoms with Gasteiger partial charge in [0.15, 0.2) is 0 Å². The molecule has 0 spiro atoms. The molecular weight excluding hydrogens is 462 g/mol. The van der Waals surface area contributed by atoms with Crippen molar-refractivity contribution >= 4 is 11.9 Å². The lowest BCUT2D eigenvalue weighted by atomic mass is 10.0. The normalized spacial score (nSPS) is 14.4. The Labute approximate surface area is 187 Å². The molecule has 0 fully saturated rings. The number of hydrogen-bond acceptors (Lipinski definition) is 5. The zero-order valence-electron chi connectivity index (χ0n) is 19.0. The molecule has 2 heterocycles. The lowest BCUT2D eigenvalue weighted by molar-refractivity contribution is -0.193. The van der Waals surface area contributed by atoms with Crippen LogP contribution in [-0.4, -0.2) is 80.7 Å². The maximum Gasteiger partial charge on any atom is 0.490 e. The van der Waals surface area contributed by atoms with Crippen LogP contribution in [0.2, 0.25) is 0 Å². The second-order valence-corrected chi connectivity index (χ2v) is 8.12. The van der Waals surface area contributed by atoms with Gasteiger partial charge in [-0.2, -0.15) is 31.4 Å². The summed E-state index contributed by atoms with van der Waals surface area (Å²) in [4.78, 5) is 22.7. The van der Waals surface area contributed by atoms with Gasteiger partial charge in [-0.25, -0.2) is 9.59 Å². The summed E-state index contributed by atoms with van der Waals surface area (Å²) in [6, 6.07) is 0.563. The lowest BCUT2D eigenvalue weighted by Crippen LogP contribution is -2.34. The van der Waals surface area contributed by atoms with Crippen LogP contribution in [0, 0.1) is 5.92 Å². The number of carboxylic acids is 2. The number of nitrogens with zero attached hydrogens (tertiary/aromatic N) is 3. The molecule has 0 aliphatic carbocycles. The van der Waals surface area contributed by atoms with Crippen molar-refractivity contribution in [3.05, 3.63) is 17.0 Å². The van der Waals surface area contributed by atoms with Crippen molar-refractivity contribution < 1.29 is 46.1 Å². The molecule has 14 heteroatoms. The molecule has 1 aromatic heterocycles. The number of nitrogens with one attached hydrogen (secondary N) is 1. The summed E-state index contributed by atoms with van der Waals surface area (Å²) in [6.07, 6.45) is -9.03. The third-order valence-electron chi connectivity index (χ3n) is 4.49. The lowest BCUT2D eigenvalue weighted by Gasteiger charge is -2.28. The highest BCUT2D eigenvalue weighted by Crippen LogP contribution is 2.22. The van der Waals surface area contributed by atoms with Gasteiger partial charge in [0.1, 0.15) is 0 Å². The average molecular weight is 492 g/mol.